The largest absolute Gasteiger partial charge is 0.467 e. The molecular formula is C21H24FN5O2S. The molecule has 3 rings (SSSR count). The molecule has 0 saturated heterocycles. The van der Waals surface area contributed by atoms with Crippen molar-refractivity contribution < 1.29 is 13.9 Å². The quantitative estimate of drug-likeness (QED) is 0.408. The summed E-state index contributed by atoms with van der Waals surface area (Å²) >= 11 is 1.35. The van der Waals surface area contributed by atoms with Gasteiger partial charge in [-0.15, -0.1) is 5.10 Å². The number of halogens is 1. The number of pyridine rings is 1. The van der Waals surface area contributed by atoms with Gasteiger partial charge in [-0.2, -0.15) is 5.10 Å². The molecule has 30 heavy (non-hydrogen) atoms. The van der Waals surface area contributed by atoms with Gasteiger partial charge in [-0.25, -0.2) is 9.38 Å². The van der Waals surface area contributed by atoms with Crippen LogP contribution in [0.1, 0.15) is 29.3 Å². The van der Waals surface area contributed by atoms with Crippen LogP contribution >= 0.6 is 11.8 Å². The molecule has 0 fully saturated rings. The molecule has 0 saturated carbocycles. The summed E-state index contributed by atoms with van der Waals surface area (Å²) in [5, 5.41) is 9.06. The number of rotatable bonds is 5. The van der Waals surface area contributed by atoms with Crippen LogP contribution in [0.15, 0.2) is 45.7 Å². The summed E-state index contributed by atoms with van der Waals surface area (Å²) in [5.41, 5.74) is 3.98. The molecule has 1 aliphatic heterocycles. The highest BCUT2D eigenvalue weighted by Crippen LogP contribution is 2.32. The molecule has 0 radical (unpaired) electrons. The van der Waals surface area contributed by atoms with E-state index in [-0.39, 0.29) is 12.6 Å². The maximum absolute atomic E-state index is 14.0. The lowest BCUT2D eigenvalue weighted by Gasteiger charge is -2.20. The number of hydrogen-bond acceptors (Lipinski definition) is 6. The maximum atomic E-state index is 14.0. The zero-order valence-corrected chi connectivity index (χ0v) is 18.2. The first-order valence-electron chi connectivity index (χ1n) is 9.33. The van der Waals surface area contributed by atoms with Gasteiger partial charge < -0.3 is 14.4 Å². The number of thioether (sulfide) groups is 1. The molecule has 0 unspecified atom stereocenters. The van der Waals surface area contributed by atoms with Crippen molar-refractivity contribution in [3.63, 3.8) is 0 Å². The Kier molecular flexibility index (Phi) is 7.53. The third kappa shape index (κ3) is 6.11. The van der Waals surface area contributed by atoms with Crippen molar-refractivity contribution in [2.75, 3.05) is 20.9 Å². The van der Waals surface area contributed by atoms with Crippen LogP contribution in [0.25, 0.3) is 0 Å². The van der Waals surface area contributed by atoms with E-state index in [0.717, 1.165) is 22.5 Å². The van der Waals surface area contributed by atoms with Crippen LogP contribution in [0.2, 0.25) is 0 Å². The second-order valence-corrected chi connectivity index (χ2v) is 7.86. The molecule has 0 bridgehead atoms. The van der Waals surface area contributed by atoms with E-state index in [2.05, 4.69) is 20.2 Å². The van der Waals surface area contributed by atoms with Gasteiger partial charge in [-0.1, -0.05) is 11.8 Å². The summed E-state index contributed by atoms with van der Waals surface area (Å²) in [6.45, 7) is 4.29. The average molecular weight is 430 g/mol. The second kappa shape index (κ2) is 10.3. The van der Waals surface area contributed by atoms with Gasteiger partial charge in [0.2, 0.25) is 5.17 Å². The molecule has 2 heterocycles. The summed E-state index contributed by atoms with van der Waals surface area (Å²) in [4.78, 5) is 10.5. The smallest absolute Gasteiger partial charge is 0.210 e. The fourth-order valence-electron chi connectivity index (χ4n) is 2.62. The lowest BCUT2D eigenvalue weighted by molar-refractivity contribution is -0.0171. The van der Waals surface area contributed by atoms with E-state index in [1.165, 1.54) is 23.9 Å². The number of aryl methyl sites for hydroxylation is 1. The van der Waals surface area contributed by atoms with E-state index < -0.39 is 0 Å². The van der Waals surface area contributed by atoms with Crippen molar-refractivity contribution in [3.05, 3.63) is 58.7 Å². The molecule has 7 nitrogen and oxygen atoms in total. The Hall–Kier alpha value is -2.78. The van der Waals surface area contributed by atoms with Crippen molar-refractivity contribution in [3.8, 4) is 5.75 Å². The molecule has 0 aliphatic carbocycles. The normalized spacial score (nSPS) is 14.6. The predicted molar refractivity (Wildman–Crippen MR) is 119 cm³/mol. The Labute approximate surface area is 179 Å². The minimum absolute atomic E-state index is 0.157. The van der Waals surface area contributed by atoms with Crippen LogP contribution in [0.5, 0.6) is 5.75 Å². The molecule has 1 aliphatic rings. The summed E-state index contributed by atoms with van der Waals surface area (Å²) < 4.78 is 24.8. The molecule has 9 heteroatoms. The van der Waals surface area contributed by atoms with E-state index in [4.69, 9.17) is 9.47 Å². The highest BCUT2D eigenvalue weighted by atomic mass is 32.2. The maximum Gasteiger partial charge on any atom is 0.210 e. The van der Waals surface area contributed by atoms with Crippen LogP contribution in [-0.4, -0.2) is 48.0 Å². The van der Waals surface area contributed by atoms with Crippen LogP contribution < -0.4 is 4.74 Å². The standard InChI is InChI=1S/C21H24FN5O2S/c1-14-5-6-16(9-23-14)15(2)25-26-21(24-12-27(3)4)30-11-18-8-19(22)7-17-10-28-13-29-20(17)18/h5-9,12H,10-11,13H2,1-4H3/b24-12?,25-15-,26-21-. The predicted octanol–water partition coefficient (Wildman–Crippen LogP) is 4.00. The number of fused-ring (bicyclic) bond motifs is 1. The number of ether oxygens (including phenoxy) is 2. The third-order valence-electron chi connectivity index (χ3n) is 4.12. The highest BCUT2D eigenvalue weighted by Gasteiger charge is 2.17. The van der Waals surface area contributed by atoms with Crippen molar-refractivity contribution in [2.24, 2.45) is 15.2 Å². The molecule has 2 aromatic rings. The van der Waals surface area contributed by atoms with Crippen molar-refractivity contribution >= 4 is 29.0 Å². The van der Waals surface area contributed by atoms with Gasteiger partial charge in [0.15, 0.2) is 6.79 Å². The monoisotopic (exact) mass is 429 g/mol. The third-order valence-corrected chi connectivity index (χ3v) is 5.02. The molecule has 0 N–H and O–H groups in total. The number of amidine groups is 1. The first-order valence-corrected chi connectivity index (χ1v) is 10.3. The number of benzene rings is 1. The Bertz CT molecular complexity index is 974. The van der Waals surface area contributed by atoms with Gasteiger partial charge in [0.05, 0.1) is 18.7 Å². The fraction of sp³-hybridized carbons (Fsp3) is 0.333. The lowest BCUT2D eigenvalue weighted by atomic mass is 10.1. The van der Waals surface area contributed by atoms with E-state index in [0.29, 0.717) is 28.8 Å². The Morgan fingerprint density at radius 2 is 2.13 bits per heavy atom. The van der Waals surface area contributed by atoms with E-state index in [1.807, 2.05) is 40.1 Å². The molecule has 1 aromatic heterocycles. The number of aromatic nitrogens is 1. The van der Waals surface area contributed by atoms with Gasteiger partial charge in [-0.05, 0) is 38.1 Å². The summed E-state index contributed by atoms with van der Waals surface area (Å²) in [7, 11) is 3.74. The van der Waals surface area contributed by atoms with Gasteiger partial charge in [0, 0.05) is 48.4 Å². The zero-order valence-electron chi connectivity index (χ0n) is 17.4. The fourth-order valence-corrected chi connectivity index (χ4v) is 3.34. The molecule has 0 amide bonds. The zero-order chi connectivity index (χ0) is 21.5. The van der Waals surface area contributed by atoms with Gasteiger partial charge in [0.25, 0.3) is 0 Å². The Balaban J connectivity index is 1.81. The minimum Gasteiger partial charge on any atom is -0.467 e. The Morgan fingerprint density at radius 3 is 2.87 bits per heavy atom. The van der Waals surface area contributed by atoms with Gasteiger partial charge in [-0.3, -0.25) is 4.98 Å². The van der Waals surface area contributed by atoms with Crippen LogP contribution in [0.4, 0.5) is 4.39 Å². The summed E-state index contributed by atoms with van der Waals surface area (Å²) in [5.74, 6) is 0.774. The molecule has 158 valence electrons. The summed E-state index contributed by atoms with van der Waals surface area (Å²) in [6, 6.07) is 6.78. The van der Waals surface area contributed by atoms with Crippen molar-refractivity contribution in [2.45, 2.75) is 26.2 Å². The number of nitrogens with zero attached hydrogens (tertiary/aromatic N) is 5. The van der Waals surface area contributed by atoms with Crippen molar-refractivity contribution in [1.29, 1.82) is 0 Å². The molecule has 0 atom stereocenters. The van der Waals surface area contributed by atoms with E-state index >= 15 is 0 Å². The first-order chi connectivity index (χ1) is 14.4. The molecule has 0 spiro atoms. The van der Waals surface area contributed by atoms with E-state index in [1.54, 1.807) is 17.4 Å². The second-order valence-electron chi connectivity index (χ2n) is 6.92. The van der Waals surface area contributed by atoms with Gasteiger partial charge in [0.1, 0.15) is 11.6 Å². The highest BCUT2D eigenvalue weighted by molar-refractivity contribution is 8.13. The minimum atomic E-state index is -0.325. The number of hydrogen-bond donors (Lipinski definition) is 0. The SMILES string of the molecule is C/C(=N/N=C(/N=CN(C)C)SCc1cc(F)cc2c1OCOC2)c1ccc(C)nc1. The van der Waals surface area contributed by atoms with Gasteiger partial charge >= 0.3 is 0 Å². The summed E-state index contributed by atoms with van der Waals surface area (Å²) in [6.07, 6.45) is 3.41. The Morgan fingerprint density at radius 1 is 1.30 bits per heavy atom. The van der Waals surface area contributed by atoms with E-state index in [9.17, 15) is 4.39 Å². The molecule has 1 aromatic carbocycles. The topological polar surface area (TPSA) is 71.7 Å². The number of aliphatic imine (C=N–C) groups is 1. The van der Waals surface area contributed by atoms with Crippen molar-refractivity contribution in [1.82, 2.24) is 9.88 Å². The average Bonchev–Trinajstić information content (AvgIpc) is 2.73. The van der Waals surface area contributed by atoms with Crippen LogP contribution in [0, 0.1) is 12.7 Å². The van der Waals surface area contributed by atoms with Crippen LogP contribution in [-0.2, 0) is 17.1 Å². The lowest BCUT2D eigenvalue weighted by Crippen LogP contribution is -2.13. The molecular weight excluding hydrogens is 405 g/mol. The first kappa shape index (κ1) is 21.9. The van der Waals surface area contributed by atoms with Crippen LogP contribution in [0.3, 0.4) is 0 Å².